The maximum atomic E-state index is 12.3. The zero-order chi connectivity index (χ0) is 12.3. The van der Waals surface area contributed by atoms with Gasteiger partial charge in [-0.2, -0.15) is 13.2 Å². The van der Waals surface area contributed by atoms with Gasteiger partial charge in [-0.1, -0.05) is 6.07 Å². The van der Waals surface area contributed by atoms with Gasteiger partial charge in [0.2, 0.25) is 0 Å². The summed E-state index contributed by atoms with van der Waals surface area (Å²) in [5, 5.41) is 9.30. The van der Waals surface area contributed by atoms with Crippen molar-refractivity contribution in [1.82, 2.24) is 0 Å². The van der Waals surface area contributed by atoms with Crippen molar-refractivity contribution in [2.45, 2.75) is 19.1 Å². The van der Waals surface area contributed by atoms with Gasteiger partial charge in [0, 0.05) is 0 Å². The van der Waals surface area contributed by atoms with E-state index in [0.717, 1.165) is 18.2 Å². The Morgan fingerprint density at radius 2 is 2.06 bits per heavy atom. The quantitative estimate of drug-likeness (QED) is 0.845. The number of alkyl halides is 3. The minimum Gasteiger partial charge on any atom is -0.504 e. The van der Waals surface area contributed by atoms with E-state index in [9.17, 15) is 18.3 Å². The summed E-state index contributed by atoms with van der Waals surface area (Å²) in [6.07, 6.45) is -4.51. The van der Waals surface area contributed by atoms with E-state index in [4.69, 9.17) is 10.5 Å². The van der Waals surface area contributed by atoms with Gasteiger partial charge in [0.1, 0.15) is 6.04 Å². The molecule has 0 aliphatic rings. The number of phenolic OH excluding ortho intramolecular Hbond substituents is 1. The molecule has 90 valence electrons. The highest BCUT2D eigenvalue weighted by molar-refractivity contribution is 5.43. The molecule has 0 aliphatic carbocycles. The lowest BCUT2D eigenvalue weighted by Crippen LogP contribution is -2.28. The van der Waals surface area contributed by atoms with Crippen molar-refractivity contribution in [3.05, 3.63) is 23.8 Å². The van der Waals surface area contributed by atoms with Gasteiger partial charge >= 0.3 is 6.18 Å². The minimum absolute atomic E-state index is 0.000278. The number of ether oxygens (including phenoxy) is 1. The van der Waals surface area contributed by atoms with Crippen LogP contribution >= 0.6 is 0 Å². The van der Waals surface area contributed by atoms with E-state index in [-0.39, 0.29) is 23.7 Å². The van der Waals surface area contributed by atoms with Crippen molar-refractivity contribution in [2.24, 2.45) is 5.73 Å². The van der Waals surface area contributed by atoms with Gasteiger partial charge in [-0.3, -0.25) is 0 Å². The highest BCUT2D eigenvalue weighted by atomic mass is 19.4. The van der Waals surface area contributed by atoms with Gasteiger partial charge in [-0.05, 0) is 24.6 Å². The van der Waals surface area contributed by atoms with Crippen LogP contribution in [0.5, 0.6) is 11.5 Å². The number of aromatic hydroxyl groups is 1. The lowest BCUT2D eigenvalue weighted by Gasteiger charge is -2.17. The normalized spacial score (nSPS) is 13.6. The molecule has 1 atom stereocenters. The van der Waals surface area contributed by atoms with Gasteiger partial charge in [0.25, 0.3) is 0 Å². The Morgan fingerprint density at radius 1 is 1.44 bits per heavy atom. The molecule has 3 nitrogen and oxygen atoms in total. The van der Waals surface area contributed by atoms with Gasteiger partial charge in [0.05, 0.1) is 6.61 Å². The van der Waals surface area contributed by atoms with Crippen LogP contribution in [0.4, 0.5) is 13.2 Å². The first-order chi connectivity index (χ1) is 7.36. The molecule has 16 heavy (non-hydrogen) atoms. The Hall–Kier alpha value is -1.43. The molecule has 0 saturated heterocycles. The molecule has 0 spiro atoms. The standard InChI is InChI=1S/C10H12F3NO2/c1-2-16-8-5-6(3-4-7(8)15)9(14)10(11,12)13/h3-5,9,15H,2,14H2,1H3/t9-/m0/s1. The highest BCUT2D eigenvalue weighted by Crippen LogP contribution is 2.35. The summed E-state index contributed by atoms with van der Waals surface area (Å²) in [5.74, 6) is -0.209. The van der Waals surface area contributed by atoms with Gasteiger partial charge in [-0.25, -0.2) is 0 Å². The second-order valence-corrected chi connectivity index (χ2v) is 3.18. The summed E-state index contributed by atoms with van der Waals surface area (Å²) in [4.78, 5) is 0. The van der Waals surface area contributed by atoms with E-state index in [1.807, 2.05) is 0 Å². The fraction of sp³-hybridized carbons (Fsp3) is 0.400. The zero-order valence-electron chi connectivity index (χ0n) is 8.58. The maximum absolute atomic E-state index is 12.3. The Kier molecular flexibility index (Phi) is 3.64. The lowest BCUT2D eigenvalue weighted by atomic mass is 10.1. The number of rotatable bonds is 3. The smallest absolute Gasteiger partial charge is 0.407 e. The van der Waals surface area contributed by atoms with Crippen molar-refractivity contribution in [1.29, 1.82) is 0 Å². The van der Waals surface area contributed by atoms with Crippen LogP contribution in [-0.4, -0.2) is 17.9 Å². The van der Waals surface area contributed by atoms with Crippen LogP contribution in [0.3, 0.4) is 0 Å². The third-order valence-corrected chi connectivity index (χ3v) is 2.00. The molecule has 3 N–H and O–H groups in total. The monoisotopic (exact) mass is 235 g/mol. The SMILES string of the molecule is CCOc1cc([C@H](N)C(F)(F)F)ccc1O. The third-order valence-electron chi connectivity index (χ3n) is 2.00. The zero-order valence-corrected chi connectivity index (χ0v) is 8.58. The molecular weight excluding hydrogens is 223 g/mol. The maximum Gasteiger partial charge on any atom is 0.407 e. The summed E-state index contributed by atoms with van der Waals surface area (Å²) in [6.45, 7) is 1.91. The van der Waals surface area contributed by atoms with Crippen molar-refractivity contribution in [3.63, 3.8) is 0 Å². The van der Waals surface area contributed by atoms with Crippen LogP contribution in [0, 0.1) is 0 Å². The van der Waals surface area contributed by atoms with E-state index in [1.165, 1.54) is 0 Å². The number of nitrogens with two attached hydrogens (primary N) is 1. The molecule has 0 aromatic heterocycles. The van der Waals surface area contributed by atoms with Crippen molar-refractivity contribution >= 4 is 0 Å². The summed E-state index contributed by atoms with van der Waals surface area (Å²) in [5.41, 5.74) is 4.88. The fourth-order valence-corrected chi connectivity index (χ4v) is 1.18. The molecule has 0 bridgehead atoms. The van der Waals surface area contributed by atoms with Gasteiger partial charge < -0.3 is 15.6 Å². The highest BCUT2D eigenvalue weighted by Gasteiger charge is 2.38. The molecule has 1 rings (SSSR count). The third kappa shape index (κ3) is 2.79. The van der Waals surface area contributed by atoms with E-state index in [1.54, 1.807) is 6.92 Å². The molecule has 1 aromatic carbocycles. The van der Waals surface area contributed by atoms with E-state index in [2.05, 4.69) is 0 Å². The number of halogens is 3. The first kappa shape index (κ1) is 12.6. The second kappa shape index (κ2) is 4.61. The molecule has 0 amide bonds. The fourth-order valence-electron chi connectivity index (χ4n) is 1.18. The summed E-state index contributed by atoms with van der Waals surface area (Å²) >= 11 is 0. The Bertz CT molecular complexity index is 366. The molecule has 0 fully saturated rings. The lowest BCUT2D eigenvalue weighted by molar-refractivity contribution is -0.149. The molecule has 0 heterocycles. The first-order valence-electron chi connectivity index (χ1n) is 4.64. The average Bonchev–Trinajstić information content (AvgIpc) is 2.19. The second-order valence-electron chi connectivity index (χ2n) is 3.18. The molecule has 6 heteroatoms. The van der Waals surface area contributed by atoms with Crippen LogP contribution in [0.2, 0.25) is 0 Å². The van der Waals surface area contributed by atoms with Gasteiger partial charge in [-0.15, -0.1) is 0 Å². The number of hydrogen-bond acceptors (Lipinski definition) is 3. The van der Waals surface area contributed by atoms with Crippen LogP contribution in [0.1, 0.15) is 18.5 Å². The van der Waals surface area contributed by atoms with Crippen LogP contribution < -0.4 is 10.5 Å². The predicted molar refractivity (Wildman–Crippen MR) is 52.3 cm³/mol. The molecular formula is C10H12F3NO2. The molecule has 0 unspecified atom stereocenters. The van der Waals surface area contributed by atoms with Crippen molar-refractivity contribution < 1.29 is 23.0 Å². The summed E-state index contributed by atoms with van der Waals surface area (Å²) < 4.78 is 41.9. The van der Waals surface area contributed by atoms with Crippen molar-refractivity contribution in [2.75, 3.05) is 6.61 Å². The molecule has 0 aliphatic heterocycles. The molecule has 1 aromatic rings. The molecule has 0 saturated carbocycles. The Labute approximate surface area is 90.6 Å². The molecule has 0 radical (unpaired) electrons. The average molecular weight is 235 g/mol. The van der Waals surface area contributed by atoms with Gasteiger partial charge in [0.15, 0.2) is 11.5 Å². The van der Waals surface area contributed by atoms with E-state index in [0.29, 0.717) is 0 Å². The number of hydrogen-bond donors (Lipinski definition) is 2. The van der Waals surface area contributed by atoms with Crippen LogP contribution in [0.25, 0.3) is 0 Å². The van der Waals surface area contributed by atoms with E-state index < -0.39 is 12.2 Å². The minimum atomic E-state index is -4.51. The first-order valence-corrected chi connectivity index (χ1v) is 4.64. The Balaban J connectivity index is 3.03. The number of benzene rings is 1. The Morgan fingerprint density at radius 3 is 2.56 bits per heavy atom. The van der Waals surface area contributed by atoms with Crippen molar-refractivity contribution in [3.8, 4) is 11.5 Å². The predicted octanol–water partition coefficient (Wildman–Crippen LogP) is 2.35. The number of phenols is 1. The largest absolute Gasteiger partial charge is 0.504 e. The van der Waals surface area contributed by atoms with Crippen LogP contribution in [-0.2, 0) is 0 Å². The topological polar surface area (TPSA) is 55.5 Å². The van der Waals surface area contributed by atoms with Crippen LogP contribution in [0.15, 0.2) is 18.2 Å². The summed E-state index contributed by atoms with van der Waals surface area (Å²) in [6, 6.07) is 1.27. The summed E-state index contributed by atoms with van der Waals surface area (Å²) in [7, 11) is 0. The van der Waals surface area contributed by atoms with E-state index >= 15 is 0 Å².